The van der Waals surface area contributed by atoms with Gasteiger partial charge in [-0.25, -0.2) is 9.28 Å². The van der Waals surface area contributed by atoms with Gasteiger partial charge in [0.05, 0.1) is 6.54 Å². The predicted octanol–water partition coefficient (Wildman–Crippen LogP) is 5.77. The number of halogens is 2. The molecular formula is C31H32Cl2N2O5. The smallest absolute Gasteiger partial charge is 0.349 e. The van der Waals surface area contributed by atoms with Crippen LogP contribution in [0.5, 0.6) is 0 Å². The second-order valence-electron chi connectivity index (χ2n) is 11.3. The Hall–Kier alpha value is -3.23. The van der Waals surface area contributed by atoms with Gasteiger partial charge in [0, 0.05) is 43.9 Å². The molecule has 0 spiro atoms. The number of Topliss-reactive ketones (excluding diaryl/α,β-unsaturated/α-hetero) is 1. The van der Waals surface area contributed by atoms with Crippen molar-refractivity contribution in [1.29, 1.82) is 0 Å². The molecule has 4 atom stereocenters. The van der Waals surface area contributed by atoms with E-state index in [9.17, 15) is 19.5 Å². The fourth-order valence-corrected chi connectivity index (χ4v) is 5.83. The van der Waals surface area contributed by atoms with Crippen LogP contribution >= 0.6 is 23.2 Å². The van der Waals surface area contributed by atoms with Crippen molar-refractivity contribution < 1.29 is 24.2 Å². The standard InChI is InChI=1S/C31H32Cl2N2O5/c1-18(36)20-9-8-10-22(15-20)34-28(30(38)39)35(17-31(3,4)5)26-14-13-21(32)16-24(26)27(40-19(2)29(35)37)23-11-6-7-12-25(23)33/h6-16,19,27-28,34H,17H2,1-5H3/t19-,27-,28?,35?/m0/s1. The van der Waals surface area contributed by atoms with Gasteiger partial charge in [-0.3, -0.25) is 4.79 Å². The minimum atomic E-state index is -1.58. The van der Waals surface area contributed by atoms with Crippen LogP contribution in [0.2, 0.25) is 10.0 Å². The van der Waals surface area contributed by atoms with Gasteiger partial charge in [-0.2, -0.15) is 0 Å². The third-order valence-corrected chi connectivity index (χ3v) is 7.51. The zero-order valence-electron chi connectivity index (χ0n) is 23.0. The highest BCUT2D eigenvalue weighted by molar-refractivity contribution is 6.31. The van der Waals surface area contributed by atoms with Crippen LogP contribution in [0, 0.1) is 5.41 Å². The molecule has 1 aliphatic rings. The number of quaternary nitrogens is 1. The Kier molecular flexibility index (Phi) is 8.43. The van der Waals surface area contributed by atoms with Crippen molar-refractivity contribution in [2.75, 3.05) is 11.9 Å². The number of carboxylic acid groups (broad SMARTS) is 1. The fraction of sp³-hybridized carbons (Fsp3) is 0.323. The van der Waals surface area contributed by atoms with Crippen molar-refractivity contribution in [1.82, 2.24) is 4.48 Å². The molecule has 3 aromatic carbocycles. The molecule has 2 unspecified atom stereocenters. The van der Waals surface area contributed by atoms with Crippen LogP contribution in [0.1, 0.15) is 62.2 Å². The number of amides is 1. The fourth-order valence-electron chi connectivity index (χ4n) is 5.41. The highest BCUT2D eigenvalue weighted by Gasteiger charge is 2.55. The average molecular weight is 584 g/mol. The maximum Gasteiger partial charge on any atom is 0.349 e. The largest absolute Gasteiger partial charge is 0.542 e. The number of ketones is 1. The lowest BCUT2D eigenvalue weighted by Gasteiger charge is -2.46. The number of rotatable bonds is 7. The average Bonchev–Trinajstić information content (AvgIpc) is 2.96. The van der Waals surface area contributed by atoms with Gasteiger partial charge >= 0.3 is 5.91 Å². The van der Waals surface area contributed by atoms with Crippen molar-refractivity contribution in [3.05, 3.63) is 93.5 Å². The Morgan fingerprint density at radius 3 is 2.35 bits per heavy atom. The van der Waals surface area contributed by atoms with Crippen LogP contribution in [0.4, 0.5) is 11.4 Å². The molecule has 9 heteroatoms. The summed E-state index contributed by atoms with van der Waals surface area (Å²) in [7, 11) is 0. The van der Waals surface area contributed by atoms with Crippen LogP contribution < -0.4 is 14.9 Å². The summed E-state index contributed by atoms with van der Waals surface area (Å²) in [5, 5.41) is 16.9. The van der Waals surface area contributed by atoms with E-state index >= 15 is 0 Å². The normalized spacial score (nSPS) is 21.7. The number of anilines is 1. The van der Waals surface area contributed by atoms with Gasteiger partial charge in [0.25, 0.3) is 0 Å². The van der Waals surface area contributed by atoms with Gasteiger partial charge in [-0.1, -0.05) is 74.3 Å². The quantitative estimate of drug-likeness (QED) is 0.280. The molecule has 1 N–H and O–H groups in total. The van der Waals surface area contributed by atoms with E-state index in [-0.39, 0.29) is 12.3 Å². The van der Waals surface area contributed by atoms with E-state index in [0.717, 1.165) is 0 Å². The van der Waals surface area contributed by atoms with Crippen molar-refractivity contribution >= 4 is 52.2 Å². The van der Waals surface area contributed by atoms with E-state index in [2.05, 4.69) is 5.32 Å². The molecule has 0 saturated heterocycles. The molecule has 7 nitrogen and oxygen atoms in total. The van der Waals surface area contributed by atoms with Gasteiger partial charge in [-0.05, 0) is 44.2 Å². The topological polar surface area (TPSA) is 95.5 Å². The molecule has 210 valence electrons. The maximum atomic E-state index is 14.6. The molecule has 0 fully saturated rings. The SMILES string of the molecule is CC(=O)c1cccc(NC(C(=O)[O-])[N+]2(CC(C)(C)C)C(=O)[C@H](C)O[C@@H](c3ccccc3Cl)c3cc(Cl)ccc32)c1. The summed E-state index contributed by atoms with van der Waals surface area (Å²) in [6.07, 6.45) is -3.42. The number of fused-ring (bicyclic) bond motifs is 1. The molecule has 3 aromatic rings. The van der Waals surface area contributed by atoms with E-state index in [1.165, 1.54) is 6.92 Å². The minimum Gasteiger partial charge on any atom is -0.542 e. The van der Waals surface area contributed by atoms with E-state index < -0.39 is 40.1 Å². The van der Waals surface area contributed by atoms with Crippen LogP contribution in [0.15, 0.2) is 66.7 Å². The van der Waals surface area contributed by atoms with E-state index in [1.807, 2.05) is 26.8 Å². The molecule has 1 aliphatic heterocycles. The molecule has 0 aromatic heterocycles. The zero-order chi connectivity index (χ0) is 29.4. The summed E-state index contributed by atoms with van der Waals surface area (Å²) in [5.41, 5.74) is 1.77. The number of carboxylic acids is 1. The first-order valence-electron chi connectivity index (χ1n) is 12.9. The number of nitrogens with zero attached hydrogens (tertiary/aromatic N) is 1. The molecule has 40 heavy (non-hydrogen) atoms. The van der Waals surface area contributed by atoms with Gasteiger partial charge < -0.3 is 20.0 Å². The Morgan fingerprint density at radius 1 is 1.02 bits per heavy atom. The number of ether oxygens (including phenoxy) is 1. The lowest BCUT2D eigenvalue weighted by atomic mass is 9.91. The van der Waals surface area contributed by atoms with Crippen molar-refractivity contribution in [3.63, 3.8) is 0 Å². The number of hydrogen-bond acceptors (Lipinski definition) is 6. The molecule has 0 saturated carbocycles. The number of hydrogen-bond donors (Lipinski definition) is 1. The van der Waals surface area contributed by atoms with E-state index in [4.69, 9.17) is 27.9 Å². The first-order valence-corrected chi connectivity index (χ1v) is 13.7. The Labute approximate surface area is 244 Å². The van der Waals surface area contributed by atoms with Crippen molar-refractivity contribution in [2.45, 2.75) is 53.0 Å². The third-order valence-electron chi connectivity index (χ3n) is 6.93. The van der Waals surface area contributed by atoms with Crippen molar-refractivity contribution in [2.24, 2.45) is 5.41 Å². The first-order chi connectivity index (χ1) is 18.7. The summed E-state index contributed by atoms with van der Waals surface area (Å²) >= 11 is 13.1. The summed E-state index contributed by atoms with van der Waals surface area (Å²) in [6, 6.07) is 18.6. The Balaban J connectivity index is 2.04. The Bertz CT molecular complexity index is 1470. The lowest BCUT2D eigenvalue weighted by molar-refractivity contribution is -0.310. The molecular weight excluding hydrogens is 551 g/mol. The number of carbonyl (C=O) groups excluding carboxylic acids is 3. The van der Waals surface area contributed by atoms with Gasteiger partial charge in [0.2, 0.25) is 6.17 Å². The highest BCUT2D eigenvalue weighted by Crippen LogP contribution is 2.46. The number of benzene rings is 3. The van der Waals surface area contributed by atoms with E-state index in [1.54, 1.807) is 67.6 Å². The first kappa shape index (κ1) is 29.7. The summed E-state index contributed by atoms with van der Waals surface area (Å²) in [4.78, 5) is 39.7. The predicted molar refractivity (Wildman–Crippen MR) is 155 cm³/mol. The molecule has 0 bridgehead atoms. The zero-order valence-corrected chi connectivity index (χ0v) is 24.5. The second-order valence-corrected chi connectivity index (χ2v) is 12.2. The number of nitrogens with one attached hydrogen (secondary N) is 1. The van der Waals surface area contributed by atoms with Gasteiger partial charge in [0.15, 0.2) is 11.9 Å². The van der Waals surface area contributed by atoms with Crippen LogP contribution in [-0.4, -0.2) is 36.5 Å². The molecule has 0 aliphatic carbocycles. The highest BCUT2D eigenvalue weighted by atomic mass is 35.5. The summed E-state index contributed by atoms with van der Waals surface area (Å²) in [6.45, 7) is 8.91. The van der Waals surface area contributed by atoms with Gasteiger partial charge in [-0.15, -0.1) is 0 Å². The molecule has 1 amide bonds. The molecule has 0 radical (unpaired) electrons. The van der Waals surface area contributed by atoms with Crippen LogP contribution in [-0.2, 0) is 14.3 Å². The molecule has 4 rings (SSSR count). The molecule has 1 heterocycles. The monoisotopic (exact) mass is 582 g/mol. The Morgan fingerprint density at radius 2 is 1.73 bits per heavy atom. The van der Waals surface area contributed by atoms with Crippen LogP contribution in [0.25, 0.3) is 0 Å². The van der Waals surface area contributed by atoms with Crippen molar-refractivity contribution in [3.8, 4) is 0 Å². The maximum absolute atomic E-state index is 14.6. The van der Waals surface area contributed by atoms with E-state index in [0.29, 0.717) is 38.1 Å². The van der Waals surface area contributed by atoms with Gasteiger partial charge in [0.1, 0.15) is 17.8 Å². The lowest BCUT2D eigenvalue weighted by Crippen LogP contribution is -2.72. The number of carbonyl (C=O) groups is 3. The summed E-state index contributed by atoms with van der Waals surface area (Å²) < 4.78 is 5.72. The second kappa shape index (κ2) is 11.3. The minimum absolute atomic E-state index is 0.0848. The van der Waals surface area contributed by atoms with Crippen LogP contribution in [0.3, 0.4) is 0 Å². The number of aliphatic carboxylic acids is 1. The summed E-state index contributed by atoms with van der Waals surface area (Å²) in [5.74, 6) is -2.14. The third kappa shape index (κ3) is 5.79.